The maximum atomic E-state index is 12.4. The topological polar surface area (TPSA) is 95.9 Å². The second-order valence-electron chi connectivity index (χ2n) is 20.7. The molecule has 6 nitrogen and oxygen atoms in total. The van der Waals surface area contributed by atoms with E-state index in [9.17, 15) is 19.8 Å². The molecule has 0 saturated heterocycles. The summed E-state index contributed by atoms with van der Waals surface area (Å²) in [6.45, 7) is 4.86. The summed E-state index contributed by atoms with van der Waals surface area (Å²) in [7, 11) is 0. The number of amides is 1. The molecule has 0 bridgehead atoms. The van der Waals surface area contributed by atoms with E-state index in [2.05, 4.69) is 67.8 Å². The molecule has 3 N–H and O–H groups in total. The van der Waals surface area contributed by atoms with Crippen LogP contribution in [0.15, 0.2) is 60.8 Å². The molecule has 0 aromatic heterocycles. The molecular formula is C64H117NO5. The van der Waals surface area contributed by atoms with E-state index >= 15 is 0 Å². The first-order chi connectivity index (χ1) is 34.5. The first-order valence-corrected chi connectivity index (χ1v) is 30.6. The van der Waals surface area contributed by atoms with Gasteiger partial charge in [-0.2, -0.15) is 0 Å². The van der Waals surface area contributed by atoms with E-state index in [1.54, 1.807) is 6.08 Å². The van der Waals surface area contributed by atoms with Gasteiger partial charge in [0.05, 0.1) is 25.4 Å². The van der Waals surface area contributed by atoms with E-state index in [1.165, 1.54) is 212 Å². The minimum Gasteiger partial charge on any atom is -0.466 e. The Balaban J connectivity index is 3.47. The van der Waals surface area contributed by atoms with Crippen LogP contribution in [0.4, 0.5) is 0 Å². The molecule has 0 radical (unpaired) electrons. The van der Waals surface area contributed by atoms with Gasteiger partial charge in [0.2, 0.25) is 5.91 Å². The van der Waals surface area contributed by atoms with Crippen LogP contribution in [-0.2, 0) is 14.3 Å². The highest BCUT2D eigenvalue weighted by atomic mass is 16.5. The molecule has 0 heterocycles. The maximum absolute atomic E-state index is 12.4. The predicted molar refractivity (Wildman–Crippen MR) is 305 cm³/mol. The minimum absolute atomic E-state index is 0.00193. The summed E-state index contributed by atoms with van der Waals surface area (Å²) in [5.41, 5.74) is 0. The highest BCUT2D eigenvalue weighted by molar-refractivity contribution is 5.76. The smallest absolute Gasteiger partial charge is 0.305 e. The van der Waals surface area contributed by atoms with E-state index in [4.69, 9.17) is 4.74 Å². The quantitative estimate of drug-likeness (QED) is 0.0321. The Kier molecular flexibility index (Phi) is 57.1. The number of aliphatic hydroxyl groups is 2. The van der Waals surface area contributed by atoms with E-state index in [0.29, 0.717) is 19.4 Å². The van der Waals surface area contributed by atoms with Gasteiger partial charge in [-0.3, -0.25) is 9.59 Å². The largest absolute Gasteiger partial charge is 0.466 e. The van der Waals surface area contributed by atoms with Crippen molar-refractivity contribution in [2.75, 3.05) is 13.2 Å². The standard InChI is InChI=1S/C64H117NO5/c1-3-5-7-9-11-13-15-17-18-26-30-34-38-42-46-50-54-58-64(69)70-59-55-51-47-43-39-35-31-28-25-23-21-19-20-22-24-27-29-33-37-41-45-49-53-57-63(68)65-61(60-66)62(67)56-52-48-44-40-36-32-16-14-12-10-8-6-4-2/h11,13,17-19,21-22,24,52,56,61-62,66-67H,3-10,12,14-16,20,23,25-51,53-55,57-60H2,1-2H3,(H,65,68)/b13-11-,18-17-,21-19-,24-22-,56-52+. The fourth-order valence-electron chi connectivity index (χ4n) is 9.05. The Hall–Kier alpha value is -2.44. The molecule has 0 fully saturated rings. The second-order valence-corrected chi connectivity index (χ2v) is 20.7. The Morgan fingerprint density at radius 1 is 0.400 bits per heavy atom. The van der Waals surface area contributed by atoms with Crippen molar-refractivity contribution in [3.8, 4) is 0 Å². The molecule has 0 spiro atoms. The fourth-order valence-corrected chi connectivity index (χ4v) is 9.05. The van der Waals surface area contributed by atoms with Crippen LogP contribution in [0.25, 0.3) is 0 Å². The molecule has 2 unspecified atom stereocenters. The summed E-state index contributed by atoms with van der Waals surface area (Å²) in [6.07, 6.45) is 76.8. The summed E-state index contributed by atoms with van der Waals surface area (Å²) in [6, 6.07) is -0.636. The lowest BCUT2D eigenvalue weighted by atomic mass is 10.0. The summed E-state index contributed by atoms with van der Waals surface area (Å²) < 4.78 is 5.48. The van der Waals surface area contributed by atoms with Crippen molar-refractivity contribution in [2.24, 2.45) is 0 Å². The van der Waals surface area contributed by atoms with Crippen molar-refractivity contribution in [3.05, 3.63) is 60.8 Å². The average molecular weight is 981 g/mol. The number of rotatable bonds is 56. The fraction of sp³-hybridized carbons (Fsp3) is 0.812. The molecule has 0 aliphatic rings. The Morgan fingerprint density at radius 3 is 1.11 bits per heavy atom. The van der Waals surface area contributed by atoms with Gasteiger partial charge < -0.3 is 20.3 Å². The number of hydrogen-bond acceptors (Lipinski definition) is 5. The third kappa shape index (κ3) is 54.9. The van der Waals surface area contributed by atoms with Gasteiger partial charge in [0.1, 0.15) is 0 Å². The number of ether oxygens (including phenoxy) is 1. The van der Waals surface area contributed by atoms with E-state index in [-0.39, 0.29) is 18.5 Å². The Morgan fingerprint density at radius 2 is 0.714 bits per heavy atom. The van der Waals surface area contributed by atoms with Gasteiger partial charge in [-0.05, 0) is 96.3 Å². The number of carbonyl (C=O) groups excluding carboxylic acids is 2. The van der Waals surface area contributed by atoms with Gasteiger partial charge in [-0.15, -0.1) is 0 Å². The molecule has 0 aromatic rings. The van der Waals surface area contributed by atoms with Crippen molar-refractivity contribution >= 4 is 11.9 Å². The molecule has 0 aliphatic heterocycles. The van der Waals surface area contributed by atoms with Gasteiger partial charge in [0.25, 0.3) is 0 Å². The van der Waals surface area contributed by atoms with Gasteiger partial charge in [-0.25, -0.2) is 0 Å². The third-order valence-electron chi connectivity index (χ3n) is 13.8. The first kappa shape index (κ1) is 67.6. The van der Waals surface area contributed by atoms with Gasteiger partial charge >= 0.3 is 5.97 Å². The minimum atomic E-state index is -0.851. The molecule has 70 heavy (non-hydrogen) atoms. The molecule has 2 atom stereocenters. The summed E-state index contributed by atoms with van der Waals surface area (Å²) in [5.74, 6) is -0.0814. The Bertz CT molecular complexity index is 1220. The highest BCUT2D eigenvalue weighted by Gasteiger charge is 2.18. The highest BCUT2D eigenvalue weighted by Crippen LogP contribution is 2.16. The first-order valence-electron chi connectivity index (χ1n) is 30.6. The molecule has 6 heteroatoms. The number of unbranched alkanes of at least 4 members (excludes halogenated alkanes) is 37. The van der Waals surface area contributed by atoms with Gasteiger partial charge in [0, 0.05) is 12.8 Å². The zero-order valence-electron chi connectivity index (χ0n) is 46.5. The molecular weight excluding hydrogens is 863 g/mol. The monoisotopic (exact) mass is 980 g/mol. The van der Waals surface area contributed by atoms with Crippen molar-refractivity contribution < 1.29 is 24.5 Å². The maximum Gasteiger partial charge on any atom is 0.305 e. The normalized spacial score (nSPS) is 13.0. The van der Waals surface area contributed by atoms with Crippen LogP contribution in [0.3, 0.4) is 0 Å². The number of esters is 1. The second kappa shape index (κ2) is 59.1. The van der Waals surface area contributed by atoms with Gasteiger partial charge in [-0.1, -0.05) is 261 Å². The van der Waals surface area contributed by atoms with E-state index in [1.807, 2.05) is 6.08 Å². The summed E-state index contributed by atoms with van der Waals surface area (Å²) in [5, 5.41) is 23.1. The van der Waals surface area contributed by atoms with E-state index < -0.39 is 12.1 Å². The molecule has 0 rings (SSSR count). The van der Waals surface area contributed by atoms with Crippen LogP contribution in [0.5, 0.6) is 0 Å². The number of aliphatic hydroxyl groups excluding tert-OH is 2. The van der Waals surface area contributed by atoms with Crippen LogP contribution in [-0.4, -0.2) is 47.4 Å². The lowest BCUT2D eigenvalue weighted by Crippen LogP contribution is -2.45. The number of hydrogen-bond donors (Lipinski definition) is 3. The van der Waals surface area contributed by atoms with Crippen LogP contribution in [0.2, 0.25) is 0 Å². The summed E-state index contributed by atoms with van der Waals surface area (Å²) in [4.78, 5) is 24.5. The molecule has 1 amide bonds. The van der Waals surface area contributed by atoms with Crippen molar-refractivity contribution in [3.63, 3.8) is 0 Å². The summed E-state index contributed by atoms with van der Waals surface area (Å²) >= 11 is 0. The zero-order chi connectivity index (χ0) is 50.7. The predicted octanol–water partition coefficient (Wildman–Crippen LogP) is 19.1. The Labute approximate surface area is 435 Å². The molecule has 408 valence electrons. The van der Waals surface area contributed by atoms with Crippen molar-refractivity contribution in [1.29, 1.82) is 0 Å². The van der Waals surface area contributed by atoms with Crippen LogP contribution in [0, 0.1) is 0 Å². The third-order valence-corrected chi connectivity index (χ3v) is 13.8. The van der Waals surface area contributed by atoms with Crippen molar-refractivity contribution in [1.82, 2.24) is 5.32 Å². The SMILES string of the molecule is CCCCC/C=C\C/C=C\CCCCCCCCCC(=O)OCCCCCCCCCCC/C=C\C/C=C\CCCCCCCCCC(=O)NC(CO)C(O)/C=C/CCCCCCCCCCCCC. The van der Waals surface area contributed by atoms with Crippen LogP contribution < -0.4 is 5.32 Å². The van der Waals surface area contributed by atoms with Crippen LogP contribution >= 0.6 is 0 Å². The molecule has 0 saturated carbocycles. The number of carbonyl (C=O) groups is 2. The molecule has 0 aliphatic carbocycles. The number of nitrogens with one attached hydrogen (secondary N) is 1. The lowest BCUT2D eigenvalue weighted by Gasteiger charge is -2.20. The van der Waals surface area contributed by atoms with E-state index in [0.717, 1.165) is 70.6 Å². The molecule has 0 aromatic carbocycles. The zero-order valence-corrected chi connectivity index (χ0v) is 46.5. The van der Waals surface area contributed by atoms with Crippen LogP contribution in [0.1, 0.15) is 309 Å². The average Bonchev–Trinajstić information content (AvgIpc) is 3.36. The number of allylic oxidation sites excluding steroid dienone is 9. The van der Waals surface area contributed by atoms with Gasteiger partial charge in [0.15, 0.2) is 0 Å². The van der Waals surface area contributed by atoms with Crippen molar-refractivity contribution in [2.45, 2.75) is 321 Å². The lowest BCUT2D eigenvalue weighted by molar-refractivity contribution is -0.143.